The number of fused-ring (bicyclic) bond motifs is 4. The fourth-order valence-corrected chi connectivity index (χ4v) is 20.2. The van der Waals surface area contributed by atoms with Crippen molar-refractivity contribution in [3.05, 3.63) is 79.7 Å². The Morgan fingerprint density at radius 1 is 0.241 bits per heavy atom. The van der Waals surface area contributed by atoms with Crippen molar-refractivity contribution in [1.29, 1.82) is 0 Å². The lowest BCUT2D eigenvalue weighted by molar-refractivity contribution is -0.127. The van der Waals surface area contributed by atoms with Crippen LogP contribution in [0, 0.1) is 11.8 Å². The van der Waals surface area contributed by atoms with Crippen molar-refractivity contribution >= 4 is 89.3 Å². The first-order valence-electron chi connectivity index (χ1n) is 50.4. The molecule has 116 heavy (non-hydrogen) atoms. The van der Waals surface area contributed by atoms with Gasteiger partial charge >= 0.3 is 11.9 Å². The summed E-state index contributed by atoms with van der Waals surface area (Å²) in [5.41, 5.74) is 4.80. The largest absolute Gasteiger partial charge is 0.422 e. The molecule has 8 nitrogen and oxygen atoms in total. The Hall–Kier alpha value is -4.02. The summed E-state index contributed by atoms with van der Waals surface area (Å²) in [6.45, 7) is 10.3. The monoisotopic (exact) mass is 1730 g/mol. The molecule has 0 radical (unpaired) electrons. The maximum Gasteiger partial charge on any atom is 0.345 e. The van der Waals surface area contributed by atoms with E-state index in [2.05, 4.69) is 59.6 Å². The number of hydrogen-bond acceptors (Lipinski definition) is 6. The third-order valence-electron chi connectivity index (χ3n) is 26.7. The highest BCUT2D eigenvalue weighted by atomic mass is 79.9. The minimum Gasteiger partial charge on any atom is -0.422 e. The molecule has 4 aliphatic heterocycles. The van der Waals surface area contributed by atoms with Crippen LogP contribution in [0.15, 0.2) is 57.5 Å². The number of benzene rings is 3. The van der Waals surface area contributed by atoms with Crippen molar-refractivity contribution in [2.24, 2.45) is 11.8 Å². The van der Waals surface area contributed by atoms with Gasteiger partial charge in [0.05, 0.1) is 33.7 Å². The predicted octanol–water partition coefficient (Wildman–Crippen LogP) is 35.0. The second-order valence-electron chi connectivity index (χ2n) is 36.7. The van der Waals surface area contributed by atoms with Gasteiger partial charge in [0.2, 0.25) is 0 Å². The summed E-state index contributed by atoms with van der Waals surface area (Å²) < 4.78 is 14.1. The standard InChI is InChI=1S/C106H170Br2N2O6/c1-5-9-13-17-21-25-29-33-37-41-45-49-53-57-61-65-71-87(72-66-62-58-54-50-46-42-38-34-30-26-22-18-14-10-6-2)75-69-81-109-95-83-89(107)77-79-91(95)99(103(109)111)101-93-85-98-94(86-97(93)115-105(101)113)102(106(114)116-98)100-92-80-78-90(108)84-96(92)110(104(100)112)82-70-76-88(73-67-63-59-55-51-47-43-39-35-31-27-23-19-15-11-7-3)74-68-64-60-56-52-48-44-40-36-32-28-24-20-16-12-8-4/h77-80,83-88H,5-76,81-82H2,1-4H3. The molecule has 10 heteroatoms. The summed E-state index contributed by atoms with van der Waals surface area (Å²) in [5.74, 6) is 0.101. The second-order valence-corrected chi connectivity index (χ2v) is 38.6. The molecule has 0 aliphatic carbocycles. The highest BCUT2D eigenvalue weighted by molar-refractivity contribution is 9.10. The van der Waals surface area contributed by atoms with Crippen LogP contribution in [-0.2, 0) is 19.2 Å². The number of ether oxygens (including phenoxy) is 2. The van der Waals surface area contributed by atoms with Crippen LogP contribution in [0.4, 0.5) is 11.4 Å². The maximum absolute atomic E-state index is 15.2. The lowest BCUT2D eigenvalue weighted by Gasteiger charge is -2.21. The van der Waals surface area contributed by atoms with E-state index in [0.29, 0.717) is 58.3 Å². The Kier molecular flexibility index (Phi) is 53.8. The van der Waals surface area contributed by atoms with E-state index in [0.717, 1.165) is 46.0 Å². The molecule has 4 aliphatic rings. The highest BCUT2D eigenvalue weighted by Crippen LogP contribution is 2.53. The van der Waals surface area contributed by atoms with E-state index in [9.17, 15) is 9.59 Å². The summed E-state index contributed by atoms with van der Waals surface area (Å²) in [6.07, 6.45) is 97.0. The molecule has 0 spiro atoms. The summed E-state index contributed by atoms with van der Waals surface area (Å²) in [5, 5.41) is 0. The lowest BCUT2D eigenvalue weighted by Crippen LogP contribution is -2.28. The SMILES string of the molecule is CCCCCCCCCCCCCCCCCCC(CCCCCCCCCCCCCCCCCC)CCCN1C(=O)C(=C2C(=O)Oc3cc4c(cc32)OC(=O)C4=C2C(=O)N(CCCC(CCCCCCCCCCCCCCCCCC)CCCCCCCCCCCCCCCCCC)c3cc(Br)ccc32)c2ccc(Br)cc21. The maximum atomic E-state index is 15.2. The molecule has 0 saturated carbocycles. The molecule has 0 atom stereocenters. The number of unbranched alkanes of at least 4 members (excludes halogenated alkanes) is 60. The van der Waals surface area contributed by atoms with E-state index in [-0.39, 0.29) is 34.5 Å². The van der Waals surface area contributed by atoms with E-state index in [1.165, 1.54) is 437 Å². The zero-order valence-electron chi connectivity index (χ0n) is 75.2. The van der Waals surface area contributed by atoms with Gasteiger partial charge in [0.1, 0.15) is 11.5 Å². The number of nitrogens with zero attached hydrogens (tertiary/aromatic N) is 2. The molecular weight excluding hydrogens is 1560 g/mol. The first-order chi connectivity index (χ1) is 57.1. The van der Waals surface area contributed by atoms with Crippen molar-refractivity contribution < 1.29 is 28.7 Å². The van der Waals surface area contributed by atoms with Crippen LogP contribution in [0.1, 0.15) is 512 Å². The number of hydrogen-bond donors (Lipinski definition) is 0. The van der Waals surface area contributed by atoms with Crippen LogP contribution in [0.25, 0.3) is 22.3 Å². The number of halogens is 2. The lowest BCUT2D eigenvalue weighted by atomic mass is 9.90. The fourth-order valence-electron chi connectivity index (χ4n) is 19.5. The van der Waals surface area contributed by atoms with E-state index in [1.807, 2.05) is 46.2 Å². The van der Waals surface area contributed by atoms with Gasteiger partial charge in [0.15, 0.2) is 0 Å². The van der Waals surface area contributed by atoms with Gasteiger partial charge < -0.3 is 19.3 Å². The normalized spacial score (nSPS) is 15.1. The van der Waals surface area contributed by atoms with Gasteiger partial charge in [-0.3, -0.25) is 9.59 Å². The van der Waals surface area contributed by atoms with Crippen LogP contribution < -0.4 is 19.3 Å². The minimum atomic E-state index is -0.609. The zero-order chi connectivity index (χ0) is 82.1. The highest BCUT2D eigenvalue weighted by Gasteiger charge is 2.45. The number of carbonyl (C=O) groups is 4. The molecule has 0 N–H and O–H groups in total. The third-order valence-corrected chi connectivity index (χ3v) is 27.7. The fraction of sp³-hybridized carbons (Fsp3) is 0.755. The average Bonchev–Trinajstić information content (AvgIpc) is 1.57. The van der Waals surface area contributed by atoms with Crippen molar-refractivity contribution in [3.63, 3.8) is 0 Å². The van der Waals surface area contributed by atoms with Gasteiger partial charge in [-0.05, 0) is 73.9 Å². The molecule has 4 heterocycles. The first-order valence-corrected chi connectivity index (χ1v) is 52.0. The van der Waals surface area contributed by atoms with E-state index in [4.69, 9.17) is 9.47 Å². The van der Waals surface area contributed by atoms with Crippen LogP contribution in [-0.4, -0.2) is 36.8 Å². The molecule has 0 saturated heterocycles. The van der Waals surface area contributed by atoms with Gasteiger partial charge in [-0.15, -0.1) is 0 Å². The average molecular weight is 1730 g/mol. The number of carbonyl (C=O) groups excluding carboxylic acids is 4. The summed E-state index contributed by atoms with van der Waals surface area (Å²) in [4.78, 5) is 63.3. The van der Waals surface area contributed by atoms with Crippen LogP contribution in [0.5, 0.6) is 11.5 Å². The van der Waals surface area contributed by atoms with E-state index >= 15 is 9.59 Å². The molecule has 3 aromatic rings. The Morgan fingerprint density at radius 2 is 0.440 bits per heavy atom. The Morgan fingerprint density at radius 3 is 0.655 bits per heavy atom. The molecule has 3 aromatic carbocycles. The molecule has 0 bridgehead atoms. The molecule has 7 rings (SSSR count). The Balaban J connectivity index is 0.945. The van der Waals surface area contributed by atoms with Gasteiger partial charge in [-0.25, -0.2) is 9.59 Å². The van der Waals surface area contributed by atoms with Crippen molar-refractivity contribution in [2.75, 3.05) is 22.9 Å². The molecule has 0 unspecified atom stereocenters. The van der Waals surface area contributed by atoms with E-state index < -0.39 is 11.9 Å². The Bertz CT molecular complexity index is 2960. The summed E-state index contributed by atoms with van der Waals surface area (Å²) in [6, 6.07) is 15.2. The van der Waals surface area contributed by atoms with Gasteiger partial charge in [0, 0.05) is 44.3 Å². The predicted molar refractivity (Wildman–Crippen MR) is 506 cm³/mol. The van der Waals surface area contributed by atoms with E-state index in [1.54, 1.807) is 12.1 Å². The molecule has 0 aromatic heterocycles. The quantitative estimate of drug-likeness (QED) is 0.0242. The van der Waals surface area contributed by atoms with Crippen molar-refractivity contribution in [3.8, 4) is 11.5 Å². The van der Waals surface area contributed by atoms with Crippen LogP contribution in [0.3, 0.4) is 0 Å². The van der Waals surface area contributed by atoms with Crippen molar-refractivity contribution in [1.82, 2.24) is 0 Å². The van der Waals surface area contributed by atoms with Crippen molar-refractivity contribution in [2.45, 2.75) is 490 Å². The number of rotatable bonds is 76. The minimum absolute atomic E-state index is 0.183. The molecule has 654 valence electrons. The first kappa shape index (κ1) is 99.1. The second kappa shape index (κ2) is 63.0. The number of anilines is 2. The summed E-state index contributed by atoms with van der Waals surface area (Å²) >= 11 is 7.48. The molecular formula is C106H170Br2N2O6. The number of esters is 2. The zero-order valence-corrected chi connectivity index (χ0v) is 78.4. The summed E-state index contributed by atoms with van der Waals surface area (Å²) in [7, 11) is 0. The third kappa shape index (κ3) is 37.8. The van der Waals surface area contributed by atoms with Gasteiger partial charge in [-0.1, -0.05) is 508 Å². The molecule has 2 amide bonds. The smallest absolute Gasteiger partial charge is 0.345 e. The Labute approximate surface area is 728 Å². The van der Waals surface area contributed by atoms with Gasteiger partial charge in [-0.2, -0.15) is 0 Å². The van der Waals surface area contributed by atoms with Gasteiger partial charge in [0.25, 0.3) is 11.8 Å². The van der Waals surface area contributed by atoms with Crippen LogP contribution >= 0.6 is 31.9 Å². The van der Waals surface area contributed by atoms with Crippen LogP contribution in [0.2, 0.25) is 0 Å². The topological polar surface area (TPSA) is 93.2 Å². The molecule has 0 fully saturated rings. The number of amides is 2.